The summed E-state index contributed by atoms with van der Waals surface area (Å²) in [5, 5.41) is 3.42. The molecular formula is C22H23FN4O3S2. The Kier molecular flexibility index (Phi) is 6.38. The second-order valence-electron chi connectivity index (χ2n) is 7.63. The Morgan fingerprint density at radius 2 is 1.66 bits per heavy atom. The third-order valence-corrected chi connectivity index (χ3v) is 8.42. The standard InChI is InChI=1S/C22H23FN4O3S2/c1-15-20(31-22(24-15)16-3-5-17(23)6-4-16)21(28)25-18-7-9-19(10-8-18)32(29,30)27-13-11-26(2)12-14-27/h3-10H,11-14H2,1-2H3,(H,25,28). The highest BCUT2D eigenvalue weighted by Gasteiger charge is 2.27. The second kappa shape index (κ2) is 9.07. The molecule has 1 fully saturated rings. The number of benzene rings is 2. The quantitative estimate of drug-likeness (QED) is 0.613. The van der Waals surface area contributed by atoms with Crippen LogP contribution in [0.3, 0.4) is 0 Å². The lowest BCUT2D eigenvalue weighted by molar-refractivity contribution is 0.103. The zero-order valence-corrected chi connectivity index (χ0v) is 19.3. The summed E-state index contributed by atoms with van der Waals surface area (Å²) in [4.78, 5) is 19.9. The van der Waals surface area contributed by atoms with Crippen molar-refractivity contribution in [3.05, 3.63) is 64.9 Å². The molecule has 2 aromatic carbocycles. The average Bonchev–Trinajstić information content (AvgIpc) is 3.16. The largest absolute Gasteiger partial charge is 0.321 e. The summed E-state index contributed by atoms with van der Waals surface area (Å²) in [5.74, 6) is -0.666. The molecule has 2 heterocycles. The lowest BCUT2D eigenvalue weighted by atomic mass is 10.2. The van der Waals surface area contributed by atoms with Gasteiger partial charge in [-0.25, -0.2) is 17.8 Å². The van der Waals surface area contributed by atoms with Crippen molar-refractivity contribution in [1.29, 1.82) is 0 Å². The highest BCUT2D eigenvalue weighted by atomic mass is 32.2. The number of hydrogen-bond donors (Lipinski definition) is 1. The number of nitrogens with one attached hydrogen (secondary N) is 1. The summed E-state index contributed by atoms with van der Waals surface area (Å²) in [6.07, 6.45) is 0. The van der Waals surface area contributed by atoms with Gasteiger partial charge in [0.05, 0.1) is 10.6 Å². The molecule has 0 radical (unpaired) electrons. The van der Waals surface area contributed by atoms with Gasteiger partial charge in [0.2, 0.25) is 10.0 Å². The van der Waals surface area contributed by atoms with Crippen LogP contribution in [-0.4, -0.2) is 61.7 Å². The van der Waals surface area contributed by atoms with Crippen molar-refractivity contribution >= 4 is 33.0 Å². The van der Waals surface area contributed by atoms with E-state index in [0.717, 1.165) is 5.56 Å². The molecule has 32 heavy (non-hydrogen) atoms. The van der Waals surface area contributed by atoms with E-state index in [4.69, 9.17) is 0 Å². The molecular weight excluding hydrogens is 451 g/mol. The average molecular weight is 475 g/mol. The predicted molar refractivity (Wildman–Crippen MR) is 123 cm³/mol. The molecule has 0 bridgehead atoms. The van der Waals surface area contributed by atoms with Gasteiger partial charge in [-0.3, -0.25) is 4.79 Å². The molecule has 0 saturated carbocycles. The number of hydrogen-bond acceptors (Lipinski definition) is 6. The van der Waals surface area contributed by atoms with Crippen molar-refractivity contribution in [3.63, 3.8) is 0 Å². The molecule has 10 heteroatoms. The van der Waals surface area contributed by atoms with Crippen LogP contribution < -0.4 is 5.32 Å². The maximum atomic E-state index is 13.2. The zero-order chi connectivity index (χ0) is 22.9. The normalized spacial score (nSPS) is 15.6. The van der Waals surface area contributed by atoms with Gasteiger partial charge in [0, 0.05) is 37.4 Å². The number of piperazine rings is 1. The maximum Gasteiger partial charge on any atom is 0.267 e. The van der Waals surface area contributed by atoms with Gasteiger partial charge < -0.3 is 10.2 Å². The molecule has 168 valence electrons. The van der Waals surface area contributed by atoms with E-state index in [1.165, 1.54) is 39.9 Å². The van der Waals surface area contributed by atoms with Gasteiger partial charge in [0.1, 0.15) is 15.7 Å². The van der Waals surface area contributed by atoms with E-state index in [-0.39, 0.29) is 16.6 Å². The molecule has 1 aliphatic rings. The molecule has 1 amide bonds. The van der Waals surface area contributed by atoms with Gasteiger partial charge in [-0.15, -0.1) is 11.3 Å². The third kappa shape index (κ3) is 4.73. The van der Waals surface area contributed by atoms with Crippen molar-refractivity contribution < 1.29 is 17.6 Å². The lowest BCUT2D eigenvalue weighted by Gasteiger charge is -2.31. The fourth-order valence-electron chi connectivity index (χ4n) is 3.40. The van der Waals surface area contributed by atoms with Crippen molar-refractivity contribution in [1.82, 2.24) is 14.2 Å². The molecule has 1 saturated heterocycles. The number of carbonyl (C=O) groups is 1. The minimum Gasteiger partial charge on any atom is -0.321 e. The van der Waals surface area contributed by atoms with E-state index in [1.807, 2.05) is 7.05 Å². The number of aromatic nitrogens is 1. The molecule has 0 atom stereocenters. The van der Waals surface area contributed by atoms with Crippen LogP contribution in [0.15, 0.2) is 53.4 Å². The van der Waals surface area contributed by atoms with Gasteiger partial charge >= 0.3 is 0 Å². The van der Waals surface area contributed by atoms with Crippen molar-refractivity contribution in [3.8, 4) is 10.6 Å². The third-order valence-electron chi connectivity index (χ3n) is 5.31. The van der Waals surface area contributed by atoms with Gasteiger partial charge in [-0.1, -0.05) is 0 Å². The number of thiazole rings is 1. The van der Waals surface area contributed by atoms with Crippen LogP contribution in [0, 0.1) is 12.7 Å². The summed E-state index contributed by atoms with van der Waals surface area (Å²) >= 11 is 1.22. The summed E-state index contributed by atoms with van der Waals surface area (Å²) < 4.78 is 40.3. The van der Waals surface area contributed by atoms with Crippen molar-refractivity contribution in [2.45, 2.75) is 11.8 Å². The Balaban J connectivity index is 1.47. The van der Waals surface area contributed by atoms with E-state index in [9.17, 15) is 17.6 Å². The lowest BCUT2D eigenvalue weighted by Crippen LogP contribution is -2.46. The number of rotatable bonds is 5. The Hall–Kier alpha value is -2.66. The smallest absolute Gasteiger partial charge is 0.267 e. The monoisotopic (exact) mass is 474 g/mol. The van der Waals surface area contributed by atoms with Gasteiger partial charge in [-0.2, -0.15) is 4.31 Å². The molecule has 1 N–H and O–H groups in total. The van der Waals surface area contributed by atoms with Crippen LogP contribution in [-0.2, 0) is 10.0 Å². The predicted octanol–water partition coefficient (Wildman–Crippen LogP) is 3.45. The van der Waals surface area contributed by atoms with Crippen LogP contribution >= 0.6 is 11.3 Å². The van der Waals surface area contributed by atoms with Crippen LogP contribution in [0.25, 0.3) is 10.6 Å². The number of aryl methyl sites for hydroxylation is 1. The van der Waals surface area contributed by atoms with Gasteiger partial charge in [0.25, 0.3) is 5.91 Å². The second-order valence-corrected chi connectivity index (χ2v) is 10.6. The van der Waals surface area contributed by atoms with E-state index in [0.29, 0.717) is 47.4 Å². The summed E-state index contributed by atoms with van der Waals surface area (Å²) in [5.41, 5.74) is 1.79. The van der Waals surface area contributed by atoms with Crippen LogP contribution in [0.4, 0.5) is 10.1 Å². The molecule has 4 rings (SSSR count). The van der Waals surface area contributed by atoms with Crippen molar-refractivity contribution in [2.75, 3.05) is 38.5 Å². The Morgan fingerprint density at radius 3 is 2.28 bits per heavy atom. The molecule has 0 spiro atoms. The number of carbonyl (C=O) groups excluding carboxylic acids is 1. The number of nitrogens with zero attached hydrogens (tertiary/aromatic N) is 3. The number of amides is 1. The first-order valence-corrected chi connectivity index (χ1v) is 12.3. The fourth-order valence-corrected chi connectivity index (χ4v) is 5.79. The SMILES string of the molecule is Cc1nc(-c2ccc(F)cc2)sc1C(=O)Nc1ccc(S(=O)(=O)N2CCN(C)CC2)cc1. The topological polar surface area (TPSA) is 82.6 Å². The first-order valence-electron chi connectivity index (χ1n) is 10.1. The maximum absolute atomic E-state index is 13.2. The molecule has 7 nitrogen and oxygen atoms in total. The Morgan fingerprint density at radius 1 is 1.03 bits per heavy atom. The van der Waals surface area contributed by atoms with Crippen LogP contribution in [0.5, 0.6) is 0 Å². The van der Waals surface area contributed by atoms with Gasteiger partial charge in [-0.05, 0) is 62.5 Å². The fraction of sp³-hybridized carbons (Fsp3) is 0.273. The molecule has 1 aromatic heterocycles. The van der Waals surface area contributed by atoms with E-state index in [1.54, 1.807) is 31.2 Å². The molecule has 0 unspecified atom stereocenters. The van der Waals surface area contributed by atoms with Crippen molar-refractivity contribution in [2.24, 2.45) is 0 Å². The van der Waals surface area contributed by atoms with Gasteiger partial charge in [0.15, 0.2) is 0 Å². The highest BCUT2D eigenvalue weighted by Crippen LogP contribution is 2.29. The minimum atomic E-state index is -3.56. The zero-order valence-electron chi connectivity index (χ0n) is 17.7. The van der Waals surface area contributed by atoms with E-state index < -0.39 is 10.0 Å². The summed E-state index contributed by atoms with van der Waals surface area (Å²) in [6, 6.07) is 12.1. The Bertz CT molecular complexity index is 1220. The Labute approximate surface area is 190 Å². The molecule has 1 aliphatic heterocycles. The first-order chi connectivity index (χ1) is 15.2. The minimum absolute atomic E-state index is 0.201. The summed E-state index contributed by atoms with van der Waals surface area (Å²) in [7, 11) is -1.59. The number of sulfonamides is 1. The number of likely N-dealkylation sites (N-methyl/N-ethyl adjacent to an activating group) is 1. The molecule has 3 aromatic rings. The summed E-state index contributed by atoms with van der Waals surface area (Å²) in [6.45, 7) is 4.05. The first kappa shape index (κ1) is 22.5. The van der Waals surface area contributed by atoms with E-state index in [2.05, 4.69) is 15.2 Å². The highest BCUT2D eigenvalue weighted by molar-refractivity contribution is 7.89. The number of halogens is 1. The molecule has 0 aliphatic carbocycles. The van der Waals surface area contributed by atoms with Crippen LogP contribution in [0.2, 0.25) is 0 Å². The number of anilines is 1. The van der Waals surface area contributed by atoms with Crippen LogP contribution in [0.1, 0.15) is 15.4 Å². The van der Waals surface area contributed by atoms with E-state index >= 15 is 0 Å².